The number of carbonyl (C=O) groups excluding carboxylic acids is 1. The second kappa shape index (κ2) is 5.63. The quantitative estimate of drug-likeness (QED) is 0.847. The van der Waals surface area contributed by atoms with Crippen LogP contribution in [0.3, 0.4) is 0 Å². The Morgan fingerprint density at radius 2 is 2.11 bits per heavy atom. The lowest BCUT2D eigenvalue weighted by Crippen LogP contribution is -2.14. The summed E-state index contributed by atoms with van der Waals surface area (Å²) in [4.78, 5) is 19.8. The van der Waals surface area contributed by atoms with E-state index in [-0.39, 0.29) is 16.7 Å². The molecule has 2 aromatic rings. The van der Waals surface area contributed by atoms with E-state index in [0.29, 0.717) is 10.2 Å². The first-order chi connectivity index (χ1) is 8.95. The minimum Gasteiger partial charge on any atom is -0.290 e. The smallest absolute Gasteiger partial charge is 0.258 e. The molecule has 4 nitrogen and oxygen atoms in total. The van der Waals surface area contributed by atoms with Crippen LogP contribution >= 0.6 is 27.5 Å². The number of anilines is 1. The molecule has 0 unspecified atom stereocenters. The van der Waals surface area contributed by atoms with Crippen molar-refractivity contribution in [3.8, 4) is 0 Å². The van der Waals surface area contributed by atoms with E-state index in [4.69, 9.17) is 11.6 Å². The highest BCUT2D eigenvalue weighted by atomic mass is 79.9. The van der Waals surface area contributed by atoms with Gasteiger partial charge in [0.2, 0.25) is 5.95 Å². The molecule has 0 aliphatic carbocycles. The number of halogens is 3. The highest BCUT2D eigenvalue weighted by Crippen LogP contribution is 2.17. The van der Waals surface area contributed by atoms with Crippen LogP contribution in [-0.4, -0.2) is 15.9 Å². The molecule has 0 bridgehead atoms. The van der Waals surface area contributed by atoms with Crippen molar-refractivity contribution >= 4 is 39.4 Å². The molecule has 7 heteroatoms. The predicted molar refractivity (Wildman–Crippen MR) is 73.8 cm³/mol. The Bertz CT molecular complexity index is 631. The molecule has 0 fully saturated rings. The molecule has 1 aromatic carbocycles. The van der Waals surface area contributed by atoms with Crippen molar-refractivity contribution in [2.75, 3.05) is 5.32 Å². The Kier molecular flexibility index (Phi) is 4.11. The first-order valence-corrected chi connectivity index (χ1v) is 6.40. The molecule has 0 saturated carbocycles. The average molecular weight is 345 g/mol. The fourth-order valence-electron chi connectivity index (χ4n) is 1.40. The maximum Gasteiger partial charge on any atom is 0.258 e. The van der Waals surface area contributed by atoms with Crippen LogP contribution in [0.4, 0.5) is 10.3 Å². The lowest BCUT2D eigenvalue weighted by molar-refractivity contribution is 0.102. The van der Waals surface area contributed by atoms with Gasteiger partial charge in [-0.25, -0.2) is 14.4 Å². The van der Waals surface area contributed by atoms with Crippen LogP contribution in [0.15, 0.2) is 28.7 Å². The lowest BCUT2D eigenvalue weighted by atomic mass is 10.2. The van der Waals surface area contributed by atoms with Crippen LogP contribution in [-0.2, 0) is 0 Å². The van der Waals surface area contributed by atoms with Crippen LogP contribution in [0.5, 0.6) is 0 Å². The van der Waals surface area contributed by atoms with Gasteiger partial charge in [0.25, 0.3) is 5.91 Å². The van der Waals surface area contributed by atoms with Gasteiger partial charge in [0.1, 0.15) is 11.0 Å². The Morgan fingerprint density at radius 3 is 2.74 bits per heavy atom. The third-order valence-corrected chi connectivity index (χ3v) is 3.07. The summed E-state index contributed by atoms with van der Waals surface area (Å²) in [6.07, 6.45) is 0. The van der Waals surface area contributed by atoms with Gasteiger partial charge in [-0.1, -0.05) is 11.6 Å². The van der Waals surface area contributed by atoms with Crippen LogP contribution in [0, 0.1) is 12.7 Å². The van der Waals surface area contributed by atoms with E-state index in [1.165, 1.54) is 12.1 Å². The van der Waals surface area contributed by atoms with Crippen molar-refractivity contribution in [3.63, 3.8) is 0 Å². The lowest BCUT2D eigenvalue weighted by Gasteiger charge is -2.05. The average Bonchev–Trinajstić information content (AvgIpc) is 2.31. The first-order valence-electron chi connectivity index (χ1n) is 5.23. The molecule has 1 aromatic heterocycles. The van der Waals surface area contributed by atoms with Gasteiger partial charge in [-0.05, 0) is 47.1 Å². The number of benzene rings is 1. The van der Waals surface area contributed by atoms with Crippen molar-refractivity contribution in [1.29, 1.82) is 0 Å². The van der Waals surface area contributed by atoms with Gasteiger partial charge in [0.05, 0.1) is 4.47 Å². The fraction of sp³-hybridized carbons (Fsp3) is 0.0833. The van der Waals surface area contributed by atoms with E-state index in [2.05, 4.69) is 31.2 Å². The summed E-state index contributed by atoms with van der Waals surface area (Å²) in [7, 11) is 0. The largest absolute Gasteiger partial charge is 0.290 e. The Balaban J connectivity index is 2.22. The third-order valence-electron chi connectivity index (χ3n) is 2.23. The van der Waals surface area contributed by atoms with Gasteiger partial charge < -0.3 is 0 Å². The number of hydrogen-bond donors (Lipinski definition) is 1. The molecule has 1 amide bonds. The number of aromatic nitrogens is 2. The maximum atomic E-state index is 13.3. The van der Waals surface area contributed by atoms with Crippen LogP contribution in [0.1, 0.15) is 16.1 Å². The van der Waals surface area contributed by atoms with E-state index in [1.807, 2.05) is 0 Å². The second-order valence-corrected chi connectivity index (χ2v) is 4.98. The fourth-order valence-corrected chi connectivity index (χ4v) is 1.88. The molecular formula is C12H8BrClFN3O. The van der Waals surface area contributed by atoms with Gasteiger partial charge in [-0.15, -0.1) is 0 Å². The molecule has 2 rings (SSSR count). The van der Waals surface area contributed by atoms with Crippen LogP contribution in [0.2, 0.25) is 5.15 Å². The number of aryl methyl sites for hydroxylation is 1. The number of carbonyl (C=O) groups is 1. The summed E-state index contributed by atoms with van der Waals surface area (Å²) < 4.78 is 13.6. The summed E-state index contributed by atoms with van der Waals surface area (Å²) in [5.41, 5.74) is 0.791. The second-order valence-electron chi connectivity index (χ2n) is 3.74. The van der Waals surface area contributed by atoms with Gasteiger partial charge in [0.15, 0.2) is 0 Å². The minimum absolute atomic E-state index is 0.0818. The van der Waals surface area contributed by atoms with E-state index in [9.17, 15) is 9.18 Å². The highest BCUT2D eigenvalue weighted by Gasteiger charge is 2.11. The van der Waals surface area contributed by atoms with Gasteiger partial charge in [-0.3, -0.25) is 10.1 Å². The van der Waals surface area contributed by atoms with E-state index in [1.54, 1.807) is 13.0 Å². The van der Waals surface area contributed by atoms with Crippen molar-refractivity contribution in [3.05, 3.63) is 51.0 Å². The van der Waals surface area contributed by atoms with E-state index in [0.717, 1.165) is 6.07 Å². The number of nitrogens with zero attached hydrogens (tertiary/aromatic N) is 2. The van der Waals surface area contributed by atoms with Gasteiger partial charge in [0, 0.05) is 11.3 Å². The molecular weight excluding hydrogens is 337 g/mol. The van der Waals surface area contributed by atoms with Crippen molar-refractivity contribution in [2.24, 2.45) is 0 Å². The molecule has 0 saturated heterocycles. The predicted octanol–water partition coefficient (Wildman–Crippen LogP) is 3.59. The Labute approximate surface area is 122 Å². The molecule has 0 radical (unpaired) electrons. The molecule has 0 spiro atoms. The van der Waals surface area contributed by atoms with Crippen molar-refractivity contribution < 1.29 is 9.18 Å². The van der Waals surface area contributed by atoms with Gasteiger partial charge >= 0.3 is 0 Å². The first kappa shape index (κ1) is 13.9. The van der Waals surface area contributed by atoms with Crippen molar-refractivity contribution in [2.45, 2.75) is 6.92 Å². The molecule has 1 N–H and O–H groups in total. The van der Waals surface area contributed by atoms with E-state index < -0.39 is 11.7 Å². The van der Waals surface area contributed by atoms with Crippen LogP contribution < -0.4 is 5.32 Å². The maximum absolute atomic E-state index is 13.3. The number of nitrogens with one attached hydrogen (secondary N) is 1. The standard InChI is InChI=1S/C12H8BrClFN3O/c1-6-4-10(14)17-12(16-6)18-11(19)7-2-3-8(13)9(15)5-7/h2-5H,1H3,(H,16,17,18,19). The summed E-state index contributed by atoms with van der Waals surface area (Å²) >= 11 is 8.77. The van der Waals surface area contributed by atoms with Gasteiger partial charge in [-0.2, -0.15) is 0 Å². The molecule has 0 aliphatic rings. The monoisotopic (exact) mass is 343 g/mol. The summed E-state index contributed by atoms with van der Waals surface area (Å²) in [6.45, 7) is 1.72. The Hall–Kier alpha value is -1.53. The summed E-state index contributed by atoms with van der Waals surface area (Å²) in [5, 5.41) is 2.69. The number of hydrogen-bond acceptors (Lipinski definition) is 3. The number of rotatable bonds is 2. The summed E-state index contributed by atoms with van der Waals surface area (Å²) in [6, 6.07) is 5.63. The zero-order valence-electron chi connectivity index (χ0n) is 9.75. The van der Waals surface area contributed by atoms with Crippen LogP contribution in [0.25, 0.3) is 0 Å². The highest BCUT2D eigenvalue weighted by molar-refractivity contribution is 9.10. The molecule has 98 valence electrons. The molecule has 0 aliphatic heterocycles. The Morgan fingerprint density at radius 1 is 1.37 bits per heavy atom. The summed E-state index contributed by atoms with van der Waals surface area (Å²) in [5.74, 6) is -0.942. The zero-order valence-corrected chi connectivity index (χ0v) is 12.1. The molecule has 1 heterocycles. The zero-order chi connectivity index (χ0) is 14.0. The molecule has 19 heavy (non-hydrogen) atoms. The van der Waals surface area contributed by atoms with E-state index >= 15 is 0 Å². The third kappa shape index (κ3) is 3.48. The minimum atomic E-state index is -0.518. The topological polar surface area (TPSA) is 54.9 Å². The SMILES string of the molecule is Cc1cc(Cl)nc(NC(=O)c2ccc(Br)c(F)c2)n1. The molecule has 0 atom stereocenters. The number of amides is 1. The van der Waals surface area contributed by atoms with Crippen molar-refractivity contribution in [1.82, 2.24) is 9.97 Å². The normalized spacial score (nSPS) is 10.3.